The molecule has 2 N–H and O–H groups in total. The van der Waals surface area contributed by atoms with Crippen molar-refractivity contribution < 1.29 is 9.90 Å². The minimum absolute atomic E-state index is 0.0178. The van der Waals surface area contributed by atoms with E-state index in [9.17, 15) is 9.90 Å². The highest BCUT2D eigenvalue weighted by Crippen LogP contribution is 2.48. The molecule has 2 aromatic carbocycles. The maximum absolute atomic E-state index is 12.4. The molecule has 5 heteroatoms. The Hall–Kier alpha value is -2.69. The number of rotatable bonds is 2. The van der Waals surface area contributed by atoms with Gasteiger partial charge in [-0.3, -0.25) is 4.79 Å². The standard InChI is InChI=1S/C19H21N3O2/c1-4-22-16-10-17-15(9-14(16)11(2)19(22)24)20-18(21(17)3)12-5-7-13(23)8-6-12/h5-11,18,20,23H,4H2,1-3H3. The van der Waals surface area contributed by atoms with Crippen LogP contribution in [0.25, 0.3) is 0 Å². The van der Waals surface area contributed by atoms with Crippen molar-refractivity contribution in [2.24, 2.45) is 0 Å². The maximum atomic E-state index is 12.4. The zero-order valence-corrected chi connectivity index (χ0v) is 14.1. The van der Waals surface area contributed by atoms with Crippen LogP contribution in [0.15, 0.2) is 36.4 Å². The number of carbonyl (C=O) groups is 1. The molecule has 2 unspecified atom stereocenters. The van der Waals surface area contributed by atoms with Crippen molar-refractivity contribution >= 4 is 23.0 Å². The fraction of sp³-hybridized carbons (Fsp3) is 0.316. The number of amides is 1. The summed E-state index contributed by atoms with van der Waals surface area (Å²) in [4.78, 5) is 16.4. The number of anilines is 3. The molecular formula is C19H21N3O2. The molecule has 0 aliphatic carbocycles. The number of hydrogen-bond donors (Lipinski definition) is 2. The Labute approximate surface area is 141 Å². The zero-order chi connectivity index (χ0) is 17.0. The Balaban J connectivity index is 1.74. The Morgan fingerprint density at radius 1 is 1.17 bits per heavy atom. The first-order chi connectivity index (χ1) is 11.5. The fourth-order valence-electron chi connectivity index (χ4n) is 3.74. The molecule has 0 saturated heterocycles. The fourth-order valence-corrected chi connectivity index (χ4v) is 3.74. The van der Waals surface area contributed by atoms with Gasteiger partial charge < -0.3 is 20.2 Å². The van der Waals surface area contributed by atoms with Gasteiger partial charge in [-0.15, -0.1) is 0 Å². The van der Waals surface area contributed by atoms with E-state index in [-0.39, 0.29) is 23.7 Å². The van der Waals surface area contributed by atoms with E-state index in [1.165, 1.54) is 0 Å². The van der Waals surface area contributed by atoms with Gasteiger partial charge in [-0.05, 0) is 49.2 Å². The summed E-state index contributed by atoms with van der Waals surface area (Å²) >= 11 is 0. The summed E-state index contributed by atoms with van der Waals surface area (Å²) in [5.41, 5.74) is 5.34. The molecule has 124 valence electrons. The lowest BCUT2D eigenvalue weighted by molar-refractivity contribution is -0.118. The molecule has 4 rings (SSSR count). The van der Waals surface area contributed by atoms with Gasteiger partial charge in [0, 0.05) is 19.3 Å². The van der Waals surface area contributed by atoms with Gasteiger partial charge in [-0.25, -0.2) is 0 Å². The normalized spacial score (nSPS) is 21.7. The highest BCUT2D eigenvalue weighted by Gasteiger charge is 2.37. The molecule has 0 fully saturated rings. The van der Waals surface area contributed by atoms with Crippen LogP contribution in [-0.4, -0.2) is 24.6 Å². The van der Waals surface area contributed by atoms with Gasteiger partial charge in [-0.2, -0.15) is 0 Å². The van der Waals surface area contributed by atoms with Crippen LogP contribution < -0.4 is 15.1 Å². The van der Waals surface area contributed by atoms with Gasteiger partial charge in [-0.1, -0.05) is 12.1 Å². The second-order valence-electron chi connectivity index (χ2n) is 6.48. The Kier molecular flexibility index (Phi) is 3.20. The van der Waals surface area contributed by atoms with Crippen LogP contribution in [0.4, 0.5) is 17.1 Å². The Morgan fingerprint density at radius 2 is 1.88 bits per heavy atom. The lowest BCUT2D eigenvalue weighted by Gasteiger charge is -2.23. The van der Waals surface area contributed by atoms with Crippen LogP contribution in [0, 0.1) is 0 Å². The number of likely N-dealkylation sites (N-methyl/N-ethyl adjacent to an activating group) is 1. The van der Waals surface area contributed by atoms with E-state index in [0.717, 1.165) is 28.2 Å². The topological polar surface area (TPSA) is 55.8 Å². The summed E-state index contributed by atoms with van der Waals surface area (Å²) in [6, 6.07) is 11.5. The summed E-state index contributed by atoms with van der Waals surface area (Å²) in [5, 5.41) is 13.0. The molecule has 0 bridgehead atoms. The Bertz CT molecular complexity index is 816. The average Bonchev–Trinajstić information content (AvgIpc) is 3.02. The number of benzene rings is 2. The van der Waals surface area contributed by atoms with E-state index in [2.05, 4.69) is 22.3 Å². The smallest absolute Gasteiger partial charge is 0.234 e. The minimum Gasteiger partial charge on any atom is -0.508 e. The first kappa shape index (κ1) is 14.9. The highest BCUT2D eigenvalue weighted by molar-refractivity contribution is 6.06. The van der Waals surface area contributed by atoms with E-state index in [1.54, 1.807) is 12.1 Å². The second kappa shape index (κ2) is 5.16. The second-order valence-corrected chi connectivity index (χ2v) is 6.48. The van der Waals surface area contributed by atoms with Crippen LogP contribution in [0.5, 0.6) is 5.75 Å². The first-order valence-corrected chi connectivity index (χ1v) is 8.29. The molecule has 0 spiro atoms. The number of carbonyl (C=O) groups excluding carboxylic acids is 1. The molecule has 2 atom stereocenters. The van der Waals surface area contributed by atoms with Crippen molar-refractivity contribution in [1.82, 2.24) is 0 Å². The van der Waals surface area contributed by atoms with Crippen LogP contribution in [0.2, 0.25) is 0 Å². The molecule has 24 heavy (non-hydrogen) atoms. The SMILES string of the molecule is CCN1C(=O)C(C)c2cc3c(cc21)N(C)C(c1ccc(O)cc1)N3. The predicted octanol–water partition coefficient (Wildman–Crippen LogP) is 3.42. The molecule has 2 aromatic rings. The van der Waals surface area contributed by atoms with E-state index in [1.807, 2.05) is 37.9 Å². The number of aromatic hydroxyl groups is 1. The summed E-state index contributed by atoms with van der Waals surface area (Å²) in [7, 11) is 2.04. The summed E-state index contributed by atoms with van der Waals surface area (Å²) in [6.07, 6.45) is 0.0178. The lowest BCUT2D eigenvalue weighted by Crippen LogP contribution is -2.27. The zero-order valence-electron chi connectivity index (χ0n) is 14.1. The van der Waals surface area contributed by atoms with Crippen molar-refractivity contribution in [2.75, 3.05) is 28.7 Å². The molecule has 2 aliphatic heterocycles. The minimum atomic E-state index is -0.0925. The van der Waals surface area contributed by atoms with Crippen LogP contribution in [0.3, 0.4) is 0 Å². The quantitative estimate of drug-likeness (QED) is 0.889. The summed E-state index contributed by atoms with van der Waals surface area (Å²) in [5.74, 6) is 0.348. The number of hydrogen-bond acceptors (Lipinski definition) is 4. The highest BCUT2D eigenvalue weighted by atomic mass is 16.3. The number of fused-ring (bicyclic) bond motifs is 2. The van der Waals surface area contributed by atoms with Crippen molar-refractivity contribution in [3.8, 4) is 5.75 Å². The Morgan fingerprint density at radius 3 is 2.54 bits per heavy atom. The molecular weight excluding hydrogens is 302 g/mol. The molecule has 0 saturated carbocycles. The largest absolute Gasteiger partial charge is 0.508 e. The maximum Gasteiger partial charge on any atom is 0.234 e. The summed E-state index contributed by atoms with van der Waals surface area (Å²) in [6.45, 7) is 4.67. The van der Waals surface area contributed by atoms with Crippen molar-refractivity contribution in [3.63, 3.8) is 0 Å². The van der Waals surface area contributed by atoms with Gasteiger partial charge in [0.05, 0.1) is 17.3 Å². The van der Waals surface area contributed by atoms with Gasteiger partial charge in [0.15, 0.2) is 0 Å². The van der Waals surface area contributed by atoms with Crippen LogP contribution in [-0.2, 0) is 4.79 Å². The van der Waals surface area contributed by atoms with Crippen LogP contribution >= 0.6 is 0 Å². The van der Waals surface area contributed by atoms with Gasteiger partial charge in [0.2, 0.25) is 5.91 Å². The summed E-state index contributed by atoms with van der Waals surface area (Å²) < 4.78 is 0. The third kappa shape index (κ3) is 1.97. The number of nitrogens with one attached hydrogen (secondary N) is 1. The number of phenols is 1. The average molecular weight is 323 g/mol. The first-order valence-electron chi connectivity index (χ1n) is 8.29. The predicted molar refractivity (Wildman–Crippen MR) is 95.8 cm³/mol. The van der Waals surface area contributed by atoms with E-state index >= 15 is 0 Å². The third-order valence-electron chi connectivity index (χ3n) is 5.12. The monoisotopic (exact) mass is 323 g/mol. The lowest BCUT2D eigenvalue weighted by atomic mass is 10.0. The molecule has 0 radical (unpaired) electrons. The molecule has 0 aromatic heterocycles. The molecule has 2 aliphatic rings. The van der Waals surface area contributed by atoms with E-state index in [0.29, 0.717) is 6.54 Å². The third-order valence-corrected chi connectivity index (χ3v) is 5.12. The number of nitrogens with zero attached hydrogens (tertiary/aromatic N) is 2. The van der Waals surface area contributed by atoms with Gasteiger partial charge >= 0.3 is 0 Å². The van der Waals surface area contributed by atoms with Gasteiger partial charge in [0.1, 0.15) is 11.9 Å². The van der Waals surface area contributed by atoms with Crippen LogP contribution in [0.1, 0.15) is 37.1 Å². The van der Waals surface area contributed by atoms with Gasteiger partial charge in [0.25, 0.3) is 0 Å². The van der Waals surface area contributed by atoms with Crippen molar-refractivity contribution in [2.45, 2.75) is 25.9 Å². The number of phenolic OH excluding ortho intramolecular Hbond substituents is 1. The van der Waals surface area contributed by atoms with E-state index in [4.69, 9.17) is 0 Å². The molecule has 5 nitrogen and oxygen atoms in total. The van der Waals surface area contributed by atoms with Crippen molar-refractivity contribution in [3.05, 3.63) is 47.5 Å². The molecule has 1 amide bonds. The van der Waals surface area contributed by atoms with E-state index < -0.39 is 0 Å². The molecule has 2 heterocycles. The van der Waals surface area contributed by atoms with Crippen molar-refractivity contribution in [1.29, 1.82) is 0 Å².